The topological polar surface area (TPSA) is 26.3 Å². The van der Waals surface area contributed by atoms with Gasteiger partial charge in [0.2, 0.25) is 0 Å². The molecule has 1 aromatic rings. The zero-order chi connectivity index (χ0) is 14.4. The van der Waals surface area contributed by atoms with Crippen molar-refractivity contribution in [2.75, 3.05) is 11.5 Å². The zero-order valence-corrected chi connectivity index (χ0v) is 13.2. The first kappa shape index (κ1) is 15.3. The van der Waals surface area contributed by atoms with Crippen LogP contribution in [-0.4, -0.2) is 21.8 Å². The maximum Gasteiger partial charge on any atom is 0.0987 e. The van der Waals surface area contributed by atoms with Crippen LogP contribution in [0.3, 0.4) is 0 Å². The summed E-state index contributed by atoms with van der Waals surface area (Å²) >= 11 is 0. The molecule has 0 spiro atoms. The van der Waals surface area contributed by atoms with Crippen LogP contribution in [0.2, 0.25) is 0 Å². The lowest BCUT2D eigenvalue weighted by Gasteiger charge is -2.21. The third kappa shape index (κ3) is 4.48. The lowest BCUT2D eigenvalue weighted by Crippen LogP contribution is -2.23. The van der Waals surface area contributed by atoms with Crippen molar-refractivity contribution >= 4 is 16.4 Å². The normalized spacial score (nSPS) is 25.8. The number of rotatable bonds is 4. The van der Waals surface area contributed by atoms with E-state index in [1.165, 1.54) is 12.0 Å². The van der Waals surface area contributed by atoms with E-state index < -0.39 is 10.8 Å². The minimum Gasteiger partial charge on any atom is -0.498 e. The molecule has 1 heterocycles. The van der Waals surface area contributed by atoms with Crippen LogP contribution >= 0.6 is 0 Å². The molecule has 1 aliphatic rings. The largest absolute Gasteiger partial charge is 0.498 e. The molecule has 3 unspecified atom stereocenters. The van der Waals surface area contributed by atoms with E-state index in [0.29, 0.717) is 5.92 Å². The summed E-state index contributed by atoms with van der Waals surface area (Å²) in [7, 11) is -0.659. The summed E-state index contributed by atoms with van der Waals surface area (Å²) < 4.78 is 17.7. The first-order valence-corrected chi connectivity index (χ1v) is 8.88. The van der Waals surface area contributed by atoms with Gasteiger partial charge in [-0.25, -0.2) is 0 Å². The predicted molar refractivity (Wildman–Crippen MR) is 85.9 cm³/mol. The molecule has 0 N–H and O–H groups in total. The van der Waals surface area contributed by atoms with Gasteiger partial charge in [0.15, 0.2) is 0 Å². The summed E-state index contributed by atoms with van der Waals surface area (Å²) in [5.74, 6) is 2.07. The van der Waals surface area contributed by atoms with Gasteiger partial charge in [-0.1, -0.05) is 36.8 Å². The molecule has 1 fully saturated rings. The average molecular weight is 292 g/mol. The quantitative estimate of drug-likeness (QED) is 0.784. The van der Waals surface area contributed by atoms with Crippen molar-refractivity contribution in [3.8, 4) is 0 Å². The van der Waals surface area contributed by atoms with Crippen molar-refractivity contribution < 1.29 is 8.95 Å². The highest BCUT2D eigenvalue weighted by molar-refractivity contribution is 7.84. The molecule has 110 valence electrons. The van der Waals surface area contributed by atoms with Crippen LogP contribution in [0.5, 0.6) is 0 Å². The van der Waals surface area contributed by atoms with Gasteiger partial charge in [-0.05, 0) is 37.8 Å². The van der Waals surface area contributed by atoms with Crippen LogP contribution in [0.15, 0.2) is 36.6 Å². The third-order valence-electron chi connectivity index (χ3n) is 3.95. The molecule has 3 atom stereocenters. The number of hydrogen-bond acceptors (Lipinski definition) is 2. The van der Waals surface area contributed by atoms with Gasteiger partial charge in [0.1, 0.15) is 0 Å². The fraction of sp³-hybridized carbons (Fsp3) is 0.529. The second-order valence-electron chi connectivity index (χ2n) is 5.57. The maximum absolute atomic E-state index is 11.8. The number of ether oxygens (including phenoxy) is 1. The van der Waals surface area contributed by atoms with Crippen LogP contribution in [0.25, 0.3) is 5.57 Å². The second kappa shape index (κ2) is 7.63. The molecule has 0 aliphatic carbocycles. The van der Waals surface area contributed by atoms with Crippen molar-refractivity contribution in [2.45, 2.75) is 39.2 Å². The summed E-state index contributed by atoms with van der Waals surface area (Å²) in [6.07, 6.45) is 5.38. The molecule has 1 aromatic carbocycles. The Labute approximate surface area is 124 Å². The van der Waals surface area contributed by atoms with Gasteiger partial charge < -0.3 is 4.74 Å². The molecular formula is C17H24O2S. The van der Waals surface area contributed by atoms with Crippen LogP contribution in [0.1, 0.15) is 38.7 Å². The van der Waals surface area contributed by atoms with E-state index in [9.17, 15) is 4.21 Å². The van der Waals surface area contributed by atoms with Gasteiger partial charge in [0.05, 0.1) is 12.4 Å². The second-order valence-corrected chi connectivity index (χ2v) is 7.20. The Bertz CT molecular complexity index is 467. The summed E-state index contributed by atoms with van der Waals surface area (Å²) in [6.45, 7) is 4.16. The van der Waals surface area contributed by atoms with Crippen LogP contribution in [0.4, 0.5) is 0 Å². The van der Waals surface area contributed by atoms with Crippen LogP contribution in [-0.2, 0) is 15.5 Å². The van der Waals surface area contributed by atoms with E-state index in [-0.39, 0.29) is 6.10 Å². The lowest BCUT2D eigenvalue weighted by atomic mass is 9.99. The van der Waals surface area contributed by atoms with Crippen molar-refractivity contribution in [3.63, 3.8) is 0 Å². The Morgan fingerprint density at radius 2 is 2.10 bits per heavy atom. The predicted octanol–water partition coefficient (Wildman–Crippen LogP) is 4.00. The molecule has 0 radical (unpaired) electrons. The molecule has 3 heteroatoms. The average Bonchev–Trinajstić information content (AvgIpc) is 2.70. The Morgan fingerprint density at radius 3 is 2.85 bits per heavy atom. The van der Waals surface area contributed by atoms with Gasteiger partial charge in [-0.3, -0.25) is 4.21 Å². The van der Waals surface area contributed by atoms with Gasteiger partial charge in [0, 0.05) is 28.2 Å². The molecule has 2 rings (SSSR count). The molecule has 0 bridgehead atoms. The molecule has 1 saturated heterocycles. The van der Waals surface area contributed by atoms with Crippen LogP contribution in [0, 0.1) is 5.92 Å². The molecule has 0 amide bonds. The molecule has 2 nitrogen and oxygen atoms in total. The standard InChI is InChI=1S/C17H24O2S/c1-14(16-8-4-3-5-9-16)12-19-15(2)17-10-6-7-11-20(18)13-17/h3-5,8-9,12,15,17H,6-7,10-11,13H2,1-2H3/b14-12-. The van der Waals surface area contributed by atoms with Gasteiger partial charge >= 0.3 is 0 Å². The van der Waals surface area contributed by atoms with E-state index in [0.717, 1.165) is 29.9 Å². The van der Waals surface area contributed by atoms with E-state index in [1.54, 1.807) is 0 Å². The van der Waals surface area contributed by atoms with Crippen molar-refractivity contribution in [3.05, 3.63) is 42.2 Å². The Morgan fingerprint density at radius 1 is 1.35 bits per heavy atom. The monoisotopic (exact) mass is 292 g/mol. The summed E-state index contributed by atoms with van der Waals surface area (Å²) in [5, 5.41) is 0. The minimum atomic E-state index is -0.659. The lowest BCUT2D eigenvalue weighted by molar-refractivity contribution is 0.108. The highest BCUT2D eigenvalue weighted by atomic mass is 32.2. The van der Waals surface area contributed by atoms with E-state index in [2.05, 4.69) is 26.0 Å². The molecular weight excluding hydrogens is 268 g/mol. The summed E-state index contributed by atoms with van der Waals surface area (Å²) in [4.78, 5) is 0. The number of hydrogen-bond donors (Lipinski definition) is 0. The van der Waals surface area contributed by atoms with Crippen molar-refractivity contribution in [1.29, 1.82) is 0 Å². The highest BCUT2D eigenvalue weighted by Crippen LogP contribution is 2.22. The first-order chi connectivity index (χ1) is 9.66. The first-order valence-electron chi connectivity index (χ1n) is 7.39. The van der Waals surface area contributed by atoms with E-state index in [4.69, 9.17) is 4.74 Å². The molecule has 0 aromatic heterocycles. The summed E-state index contributed by atoms with van der Waals surface area (Å²) in [6, 6.07) is 10.2. The molecule has 20 heavy (non-hydrogen) atoms. The highest BCUT2D eigenvalue weighted by Gasteiger charge is 2.23. The SMILES string of the molecule is C/C(=C/OC(C)C1CCCCS(=O)C1)c1ccccc1. The van der Waals surface area contributed by atoms with Crippen molar-refractivity contribution in [1.82, 2.24) is 0 Å². The Kier molecular flexibility index (Phi) is 5.84. The maximum atomic E-state index is 11.8. The zero-order valence-electron chi connectivity index (χ0n) is 12.4. The van der Waals surface area contributed by atoms with Gasteiger partial charge in [-0.15, -0.1) is 0 Å². The fourth-order valence-electron chi connectivity index (χ4n) is 2.53. The fourth-order valence-corrected chi connectivity index (χ4v) is 4.14. The smallest absolute Gasteiger partial charge is 0.0987 e. The van der Waals surface area contributed by atoms with Crippen LogP contribution < -0.4 is 0 Å². The molecule has 1 aliphatic heterocycles. The van der Waals surface area contributed by atoms with E-state index in [1.807, 2.05) is 24.5 Å². The number of benzene rings is 1. The van der Waals surface area contributed by atoms with Gasteiger partial charge in [-0.2, -0.15) is 0 Å². The Balaban J connectivity index is 1.93. The number of allylic oxidation sites excluding steroid dienone is 1. The van der Waals surface area contributed by atoms with E-state index >= 15 is 0 Å². The van der Waals surface area contributed by atoms with Crippen molar-refractivity contribution in [2.24, 2.45) is 5.92 Å². The van der Waals surface area contributed by atoms with Gasteiger partial charge in [0.25, 0.3) is 0 Å². The minimum absolute atomic E-state index is 0.135. The Hall–Kier alpha value is -1.09. The molecule has 0 saturated carbocycles. The third-order valence-corrected chi connectivity index (χ3v) is 5.49. The summed E-state index contributed by atoms with van der Waals surface area (Å²) in [5.41, 5.74) is 2.32.